The van der Waals surface area contributed by atoms with Gasteiger partial charge in [-0.15, -0.1) is 0 Å². The van der Waals surface area contributed by atoms with Crippen LogP contribution in [0.3, 0.4) is 0 Å². The van der Waals surface area contributed by atoms with Crippen molar-refractivity contribution < 1.29 is 18.0 Å². The zero-order chi connectivity index (χ0) is 14.8. The van der Waals surface area contributed by atoms with Gasteiger partial charge in [0.2, 0.25) is 0 Å². The number of rotatable bonds is 12. The summed E-state index contributed by atoms with van der Waals surface area (Å²) in [4.78, 5) is 0. The smallest absolute Gasteiger partial charge is 0.327 e. The highest BCUT2D eigenvalue weighted by molar-refractivity contribution is 7.52. The molecule has 0 aliphatic rings. The van der Waals surface area contributed by atoms with Crippen LogP contribution in [-0.2, 0) is 18.0 Å². The highest BCUT2D eigenvalue weighted by Crippen LogP contribution is 2.44. The van der Waals surface area contributed by atoms with E-state index in [0.717, 1.165) is 37.6 Å². The molecule has 0 radical (unpaired) electrons. The molecule has 1 atom stereocenters. The summed E-state index contributed by atoms with van der Waals surface area (Å²) in [6.07, 6.45) is 1.76. The van der Waals surface area contributed by atoms with Crippen LogP contribution in [0, 0.1) is 0 Å². The SMILES string of the molecule is CCCOP(C)(=O)OCCC[Si](CC)(CC)OCC. The van der Waals surface area contributed by atoms with Gasteiger partial charge in [0.1, 0.15) is 0 Å². The van der Waals surface area contributed by atoms with Crippen molar-refractivity contribution in [3.05, 3.63) is 0 Å². The van der Waals surface area contributed by atoms with Crippen LogP contribution in [0.2, 0.25) is 18.1 Å². The first-order chi connectivity index (χ1) is 8.95. The average Bonchev–Trinajstić information content (AvgIpc) is 2.40. The van der Waals surface area contributed by atoms with E-state index in [1.54, 1.807) is 6.66 Å². The molecule has 6 heteroatoms. The molecule has 1 unspecified atom stereocenters. The lowest BCUT2D eigenvalue weighted by Gasteiger charge is -2.28. The van der Waals surface area contributed by atoms with Crippen LogP contribution >= 0.6 is 7.60 Å². The van der Waals surface area contributed by atoms with E-state index in [4.69, 9.17) is 13.5 Å². The maximum absolute atomic E-state index is 11.9. The van der Waals surface area contributed by atoms with Gasteiger partial charge >= 0.3 is 7.60 Å². The zero-order valence-corrected chi connectivity index (χ0v) is 15.1. The van der Waals surface area contributed by atoms with Crippen LogP contribution < -0.4 is 0 Å². The van der Waals surface area contributed by atoms with Crippen molar-refractivity contribution in [2.75, 3.05) is 26.5 Å². The first-order valence-corrected chi connectivity index (χ1v) is 12.0. The number of hydrogen-bond donors (Lipinski definition) is 0. The second kappa shape index (κ2) is 10.1. The van der Waals surface area contributed by atoms with Gasteiger partial charge in [-0.3, -0.25) is 4.57 Å². The standard InChI is InChI=1S/C13H31O4PSi/c1-6-11-15-18(5,14)16-12-10-13-19(8-3,9-4)17-7-2/h6-13H2,1-5H3. The molecule has 0 heterocycles. The van der Waals surface area contributed by atoms with Gasteiger partial charge in [-0.05, 0) is 37.9 Å². The lowest BCUT2D eigenvalue weighted by atomic mass is 10.5. The summed E-state index contributed by atoms with van der Waals surface area (Å²) in [6.45, 7) is 11.8. The molecule has 116 valence electrons. The molecule has 0 aliphatic heterocycles. The fourth-order valence-corrected chi connectivity index (χ4v) is 6.32. The van der Waals surface area contributed by atoms with Crippen LogP contribution in [0.4, 0.5) is 0 Å². The van der Waals surface area contributed by atoms with Gasteiger partial charge in [0.05, 0.1) is 13.2 Å². The van der Waals surface area contributed by atoms with Crippen LogP contribution in [0.15, 0.2) is 0 Å². The maximum atomic E-state index is 11.9. The molecule has 0 saturated carbocycles. The molecule has 0 aromatic heterocycles. The first-order valence-electron chi connectivity index (χ1n) is 7.45. The summed E-state index contributed by atoms with van der Waals surface area (Å²) in [6, 6.07) is 3.34. The highest BCUT2D eigenvalue weighted by atomic mass is 31.2. The van der Waals surface area contributed by atoms with Gasteiger partial charge < -0.3 is 13.5 Å². The van der Waals surface area contributed by atoms with E-state index in [-0.39, 0.29) is 0 Å². The largest absolute Gasteiger partial charge is 0.417 e. The lowest BCUT2D eigenvalue weighted by molar-refractivity contribution is 0.207. The monoisotopic (exact) mass is 310 g/mol. The summed E-state index contributed by atoms with van der Waals surface area (Å²) in [7, 11) is -4.42. The Hall–Kier alpha value is 0.327. The molecule has 4 nitrogen and oxygen atoms in total. The Balaban J connectivity index is 4.03. The van der Waals surface area contributed by atoms with Crippen molar-refractivity contribution in [1.82, 2.24) is 0 Å². The van der Waals surface area contributed by atoms with E-state index < -0.39 is 15.9 Å². The van der Waals surface area contributed by atoms with Gasteiger partial charge in [-0.1, -0.05) is 20.8 Å². The Morgan fingerprint density at radius 1 is 1.00 bits per heavy atom. The van der Waals surface area contributed by atoms with Crippen molar-refractivity contribution in [2.45, 2.75) is 58.7 Å². The molecule has 0 aromatic carbocycles. The summed E-state index contributed by atoms with van der Waals surface area (Å²) >= 11 is 0. The van der Waals surface area contributed by atoms with Crippen molar-refractivity contribution in [3.8, 4) is 0 Å². The predicted molar refractivity (Wildman–Crippen MR) is 83.5 cm³/mol. The van der Waals surface area contributed by atoms with Gasteiger partial charge in [0.15, 0.2) is 8.32 Å². The van der Waals surface area contributed by atoms with E-state index in [9.17, 15) is 4.57 Å². The molecular weight excluding hydrogens is 279 g/mol. The van der Waals surface area contributed by atoms with Crippen LogP contribution in [-0.4, -0.2) is 34.8 Å². The normalized spacial score (nSPS) is 15.4. The predicted octanol–water partition coefficient (Wildman–Crippen LogP) is 4.66. The summed E-state index contributed by atoms with van der Waals surface area (Å²) in [5, 5.41) is 0. The molecule has 0 fully saturated rings. The fourth-order valence-electron chi connectivity index (χ4n) is 2.11. The summed E-state index contributed by atoms with van der Waals surface area (Å²) in [5.41, 5.74) is 0. The third kappa shape index (κ3) is 8.26. The summed E-state index contributed by atoms with van der Waals surface area (Å²) in [5.74, 6) is 0. The van der Waals surface area contributed by atoms with Crippen molar-refractivity contribution in [1.29, 1.82) is 0 Å². The van der Waals surface area contributed by atoms with E-state index in [1.807, 2.05) is 6.92 Å². The molecule has 0 aliphatic carbocycles. The molecule has 0 aromatic rings. The third-order valence-corrected chi connectivity index (χ3v) is 9.42. The van der Waals surface area contributed by atoms with Gasteiger partial charge in [-0.25, -0.2) is 0 Å². The molecule has 0 saturated heterocycles. The highest BCUT2D eigenvalue weighted by Gasteiger charge is 2.30. The lowest BCUT2D eigenvalue weighted by Crippen LogP contribution is -2.36. The van der Waals surface area contributed by atoms with Crippen LogP contribution in [0.1, 0.15) is 40.5 Å². The number of hydrogen-bond acceptors (Lipinski definition) is 4. The molecule has 0 amide bonds. The van der Waals surface area contributed by atoms with Crippen molar-refractivity contribution in [2.24, 2.45) is 0 Å². The fraction of sp³-hybridized carbons (Fsp3) is 1.00. The molecule has 19 heavy (non-hydrogen) atoms. The minimum Gasteiger partial charge on any atom is -0.417 e. The molecule has 0 bridgehead atoms. The topological polar surface area (TPSA) is 44.8 Å². The Labute approximate surface area is 119 Å². The maximum Gasteiger partial charge on any atom is 0.327 e. The summed E-state index contributed by atoms with van der Waals surface area (Å²) < 4.78 is 28.5. The van der Waals surface area contributed by atoms with Crippen LogP contribution in [0.25, 0.3) is 0 Å². The van der Waals surface area contributed by atoms with Crippen molar-refractivity contribution >= 4 is 15.9 Å². The van der Waals surface area contributed by atoms with E-state index >= 15 is 0 Å². The van der Waals surface area contributed by atoms with E-state index in [2.05, 4.69) is 20.8 Å². The molecule has 0 N–H and O–H groups in total. The first kappa shape index (κ1) is 19.3. The quantitative estimate of drug-likeness (QED) is 0.299. The van der Waals surface area contributed by atoms with E-state index in [1.165, 1.54) is 0 Å². The van der Waals surface area contributed by atoms with Gasteiger partial charge in [0, 0.05) is 13.3 Å². The molecule has 0 spiro atoms. The Morgan fingerprint density at radius 2 is 1.58 bits per heavy atom. The Morgan fingerprint density at radius 3 is 2.05 bits per heavy atom. The van der Waals surface area contributed by atoms with Gasteiger partial charge in [0.25, 0.3) is 0 Å². The Kier molecular flexibility index (Phi) is 10.3. The Bertz CT molecular complexity index is 269. The minimum absolute atomic E-state index is 0.495. The van der Waals surface area contributed by atoms with Crippen molar-refractivity contribution in [3.63, 3.8) is 0 Å². The molecular formula is C13H31O4PSi. The second-order valence-electron chi connectivity index (χ2n) is 4.86. The molecule has 0 rings (SSSR count). The second-order valence-corrected chi connectivity index (χ2v) is 11.5. The van der Waals surface area contributed by atoms with E-state index in [0.29, 0.717) is 13.2 Å². The average molecular weight is 310 g/mol. The third-order valence-electron chi connectivity index (χ3n) is 3.37. The van der Waals surface area contributed by atoms with Crippen LogP contribution in [0.5, 0.6) is 0 Å². The zero-order valence-electron chi connectivity index (χ0n) is 13.2. The van der Waals surface area contributed by atoms with Gasteiger partial charge in [-0.2, -0.15) is 0 Å². The minimum atomic E-state index is -2.85.